The summed E-state index contributed by atoms with van der Waals surface area (Å²) in [5, 5.41) is 5.54. The summed E-state index contributed by atoms with van der Waals surface area (Å²) < 4.78 is 3.03. The Morgan fingerprint density at radius 1 is 1.07 bits per heavy atom. The number of para-hydroxylation sites is 2. The molecular formula is C22H15ClN6O. The van der Waals surface area contributed by atoms with Crippen LogP contribution in [0, 0.1) is 0 Å². The second-order valence-electron chi connectivity index (χ2n) is 6.69. The number of fused-ring (bicyclic) bond motifs is 4. The van der Waals surface area contributed by atoms with Gasteiger partial charge in [0, 0.05) is 11.6 Å². The first-order valence-electron chi connectivity index (χ1n) is 9.23. The Labute approximate surface area is 175 Å². The van der Waals surface area contributed by atoms with Gasteiger partial charge in [-0.2, -0.15) is 9.78 Å². The highest BCUT2D eigenvalue weighted by molar-refractivity contribution is 6.30. The number of aromatic nitrogens is 5. The summed E-state index contributed by atoms with van der Waals surface area (Å²) in [6.07, 6.45) is 4.78. The van der Waals surface area contributed by atoms with Crippen LogP contribution in [0.25, 0.3) is 33.2 Å². The van der Waals surface area contributed by atoms with Crippen LogP contribution in [0.4, 0.5) is 0 Å². The van der Waals surface area contributed by atoms with Crippen LogP contribution in [0.2, 0.25) is 5.02 Å². The van der Waals surface area contributed by atoms with Crippen LogP contribution in [-0.4, -0.2) is 30.4 Å². The topological polar surface area (TPSA) is 78.0 Å². The lowest BCUT2D eigenvalue weighted by Gasteiger charge is -2.01. The first-order valence-corrected chi connectivity index (χ1v) is 9.60. The van der Waals surface area contributed by atoms with Crippen molar-refractivity contribution in [1.82, 2.24) is 24.2 Å². The van der Waals surface area contributed by atoms with Crippen LogP contribution < -0.4 is 5.56 Å². The highest BCUT2D eigenvalue weighted by Gasteiger charge is 2.19. The number of halogens is 1. The number of rotatable bonds is 4. The summed E-state index contributed by atoms with van der Waals surface area (Å²) in [5.74, 6) is 0. The summed E-state index contributed by atoms with van der Waals surface area (Å²) >= 11 is 6.07. The molecule has 0 spiro atoms. The minimum absolute atomic E-state index is 0.216. The van der Waals surface area contributed by atoms with E-state index in [4.69, 9.17) is 21.6 Å². The van der Waals surface area contributed by atoms with Crippen LogP contribution in [0.3, 0.4) is 0 Å². The monoisotopic (exact) mass is 414 g/mol. The minimum Gasteiger partial charge on any atom is -0.295 e. The summed E-state index contributed by atoms with van der Waals surface area (Å²) in [5.41, 5.74) is 3.31. The third-order valence-electron chi connectivity index (χ3n) is 4.70. The van der Waals surface area contributed by atoms with Crippen molar-refractivity contribution in [1.29, 1.82) is 0 Å². The van der Waals surface area contributed by atoms with Crippen LogP contribution >= 0.6 is 11.6 Å². The Kier molecular flexibility index (Phi) is 4.37. The van der Waals surface area contributed by atoms with Gasteiger partial charge < -0.3 is 0 Å². The SMILES string of the molecule is C=CCn1cnc2c(c1=O)c1nc3ccccc3nc1n2N=Cc1cccc(Cl)c1. The van der Waals surface area contributed by atoms with Gasteiger partial charge in [0.15, 0.2) is 11.3 Å². The quantitative estimate of drug-likeness (QED) is 0.329. The summed E-state index contributed by atoms with van der Waals surface area (Å²) in [6, 6.07) is 14.8. The van der Waals surface area contributed by atoms with Crippen LogP contribution in [0.5, 0.6) is 0 Å². The molecule has 30 heavy (non-hydrogen) atoms. The second-order valence-corrected chi connectivity index (χ2v) is 7.12. The van der Waals surface area contributed by atoms with Crippen molar-refractivity contribution >= 4 is 51.0 Å². The maximum atomic E-state index is 13.1. The molecule has 0 amide bonds. The fourth-order valence-corrected chi connectivity index (χ4v) is 3.54. The Bertz CT molecular complexity index is 1530. The first-order chi connectivity index (χ1) is 14.7. The molecule has 0 bridgehead atoms. The van der Waals surface area contributed by atoms with E-state index in [-0.39, 0.29) is 5.56 Å². The zero-order valence-electron chi connectivity index (χ0n) is 15.7. The maximum Gasteiger partial charge on any atom is 0.265 e. The average Bonchev–Trinajstić information content (AvgIpc) is 3.06. The molecule has 5 rings (SSSR count). The molecule has 0 saturated carbocycles. The van der Waals surface area contributed by atoms with E-state index in [2.05, 4.69) is 16.7 Å². The van der Waals surface area contributed by atoms with E-state index in [0.29, 0.717) is 44.8 Å². The van der Waals surface area contributed by atoms with Crippen molar-refractivity contribution in [3.05, 3.63) is 88.5 Å². The molecule has 0 saturated heterocycles. The predicted molar refractivity (Wildman–Crippen MR) is 119 cm³/mol. The zero-order valence-corrected chi connectivity index (χ0v) is 16.5. The number of allylic oxidation sites excluding steroid dienone is 1. The fourth-order valence-electron chi connectivity index (χ4n) is 3.34. The molecule has 0 N–H and O–H groups in total. The van der Waals surface area contributed by atoms with E-state index in [0.717, 1.165) is 5.56 Å². The molecule has 5 aromatic rings. The third-order valence-corrected chi connectivity index (χ3v) is 4.94. The summed E-state index contributed by atoms with van der Waals surface area (Å²) in [7, 11) is 0. The molecule has 0 fully saturated rings. The molecule has 0 aliphatic carbocycles. The highest BCUT2D eigenvalue weighted by Crippen LogP contribution is 2.24. The van der Waals surface area contributed by atoms with Crippen molar-refractivity contribution in [3.8, 4) is 0 Å². The van der Waals surface area contributed by atoms with Gasteiger partial charge in [-0.25, -0.2) is 15.0 Å². The number of benzene rings is 2. The smallest absolute Gasteiger partial charge is 0.265 e. The standard InChI is InChI=1S/C22H15ClN6O/c1-2-10-28-13-24-20-18(22(28)30)19-21(27-17-9-4-3-8-16(17)26-19)29(20)25-12-14-6-5-7-15(23)11-14/h2-9,11-13H,1,10H2. The highest BCUT2D eigenvalue weighted by atomic mass is 35.5. The lowest BCUT2D eigenvalue weighted by molar-refractivity contribution is 0.763. The van der Waals surface area contributed by atoms with Gasteiger partial charge in [0.2, 0.25) is 0 Å². The maximum absolute atomic E-state index is 13.1. The largest absolute Gasteiger partial charge is 0.295 e. The first kappa shape index (κ1) is 18.2. The van der Waals surface area contributed by atoms with Gasteiger partial charge in [0.25, 0.3) is 5.56 Å². The van der Waals surface area contributed by atoms with E-state index in [9.17, 15) is 4.79 Å². The van der Waals surface area contributed by atoms with Gasteiger partial charge in [-0.1, -0.05) is 41.9 Å². The number of nitrogens with zero attached hydrogens (tertiary/aromatic N) is 6. The van der Waals surface area contributed by atoms with Crippen molar-refractivity contribution in [3.63, 3.8) is 0 Å². The van der Waals surface area contributed by atoms with Gasteiger partial charge in [-0.3, -0.25) is 9.36 Å². The Morgan fingerprint density at radius 3 is 2.63 bits per heavy atom. The lowest BCUT2D eigenvalue weighted by Crippen LogP contribution is -2.19. The zero-order chi connectivity index (χ0) is 20.7. The van der Waals surface area contributed by atoms with E-state index in [1.54, 1.807) is 29.1 Å². The molecule has 0 aliphatic heterocycles. The van der Waals surface area contributed by atoms with Gasteiger partial charge >= 0.3 is 0 Å². The molecule has 0 unspecified atom stereocenters. The average molecular weight is 415 g/mol. The van der Waals surface area contributed by atoms with Crippen molar-refractivity contribution < 1.29 is 0 Å². The molecule has 0 radical (unpaired) electrons. The van der Waals surface area contributed by atoms with Gasteiger partial charge in [-0.05, 0) is 29.8 Å². The van der Waals surface area contributed by atoms with Crippen LogP contribution in [-0.2, 0) is 6.54 Å². The van der Waals surface area contributed by atoms with Gasteiger partial charge in [-0.15, -0.1) is 6.58 Å². The van der Waals surface area contributed by atoms with Crippen molar-refractivity contribution in [2.24, 2.45) is 5.10 Å². The lowest BCUT2D eigenvalue weighted by atomic mass is 10.2. The van der Waals surface area contributed by atoms with E-state index < -0.39 is 0 Å². The molecule has 146 valence electrons. The predicted octanol–water partition coefficient (Wildman–Crippen LogP) is 4.02. The third kappa shape index (κ3) is 2.96. The minimum atomic E-state index is -0.216. The van der Waals surface area contributed by atoms with Gasteiger partial charge in [0.05, 0.1) is 17.2 Å². The Morgan fingerprint density at radius 2 is 1.87 bits per heavy atom. The molecular weight excluding hydrogens is 400 g/mol. The fraction of sp³-hybridized carbons (Fsp3) is 0.0455. The van der Waals surface area contributed by atoms with Crippen LogP contribution in [0.1, 0.15) is 5.56 Å². The molecule has 2 aromatic carbocycles. The summed E-state index contributed by atoms with van der Waals surface area (Å²) in [4.78, 5) is 27.0. The molecule has 0 aliphatic rings. The molecule has 3 aromatic heterocycles. The molecule has 0 atom stereocenters. The van der Waals surface area contributed by atoms with E-state index >= 15 is 0 Å². The van der Waals surface area contributed by atoms with Crippen molar-refractivity contribution in [2.75, 3.05) is 0 Å². The summed E-state index contributed by atoms with van der Waals surface area (Å²) in [6.45, 7) is 4.05. The van der Waals surface area contributed by atoms with E-state index in [1.165, 1.54) is 10.9 Å². The molecule has 3 heterocycles. The van der Waals surface area contributed by atoms with Gasteiger partial charge in [0.1, 0.15) is 17.2 Å². The van der Waals surface area contributed by atoms with Crippen LogP contribution in [0.15, 0.2) is 77.4 Å². The second kappa shape index (κ2) is 7.20. The Balaban J connectivity index is 1.85. The normalized spacial score (nSPS) is 11.8. The van der Waals surface area contributed by atoms with E-state index in [1.807, 2.05) is 36.4 Å². The molecule has 8 heteroatoms. The van der Waals surface area contributed by atoms with Crippen molar-refractivity contribution in [2.45, 2.75) is 6.54 Å². The number of hydrogen-bond acceptors (Lipinski definition) is 5. The Hall–Kier alpha value is -3.84. The number of hydrogen-bond donors (Lipinski definition) is 0. The molecule has 7 nitrogen and oxygen atoms in total.